The van der Waals surface area contributed by atoms with Gasteiger partial charge in [0, 0.05) is 6.04 Å². The maximum atomic E-state index is 14.2. The summed E-state index contributed by atoms with van der Waals surface area (Å²) >= 11 is 0. The molecule has 0 bridgehead atoms. The van der Waals surface area contributed by atoms with Gasteiger partial charge in [0.1, 0.15) is 19.2 Å². The van der Waals surface area contributed by atoms with Crippen LogP contribution in [0.2, 0.25) is 0 Å². The van der Waals surface area contributed by atoms with E-state index in [1.165, 1.54) is 12.8 Å². The minimum absolute atomic E-state index is 0.0436. The van der Waals surface area contributed by atoms with Gasteiger partial charge in [-0.2, -0.15) is 0 Å². The molecular weight excluding hydrogens is 484 g/mol. The first-order chi connectivity index (χ1) is 18.6. The maximum Gasteiger partial charge on any atom is 0.250 e. The summed E-state index contributed by atoms with van der Waals surface area (Å²) in [5, 5.41) is 0. The molecular formula is C30H38N2O6. The van der Waals surface area contributed by atoms with Gasteiger partial charge in [-0.3, -0.25) is 9.59 Å². The zero-order chi connectivity index (χ0) is 26.5. The Morgan fingerprint density at radius 2 is 1.74 bits per heavy atom. The summed E-state index contributed by atoms with van der Waals surface area (Å²) in [7, 11) is 1.59. The van der Waals surface area contributed by atoms with E-state index >= 15 is 0 Å². The molecule has 1 aliphatic carbocycles. The van der Waals surface area contributed by atoms with Crippen molar-refractivity contribution in [2.24, 2.45) is 0 Å². The first-order valence-electron chi connectivity index (χ1n) is 13.9. The fourth-order valence-corrected chi connectivity index (χ4v) is 5.72. The molecule has 0 aromatic heterocycles. The highest BCUT2D eigenvalue weighted by atomic mass is 16.6. The van der Waals surface area contributed by atoms with Crippen LogP contribution < -0.4 is 18.9 Å². The van der Waals surface area contributed by atoms with E-state index in [0.717, 1.165) is 32.1 Å². The van der Waals surface area contributed by atoms with E-state index in [1.54, 1.807) is 12.0 Å². The molecule has 8 nitrogen and oxygen atoms in total. The van der Waals surface area contributed by atoms with Crippen molar-refractivity contribution in [1.29, 1.82) is 0 Å². The molecule has 0 unspecified atom stereocenters. The molecule has 38 heavy (non-hydrogen) atoms. The number of methoxy groups -OCH3 is 1. The van der Waals surface area contributed by atoms with Crippen LogP contribution in [0, 0.1) is 0 Å². The molecule has 0 radical (unpaired) electrons. The van der Waals surface area contributed by atoms with E-state index in [9.17, 15) is 9.59 Å². The average molecular weight is 523 g/mol. The van der Waals surface area contributed by atoms with Crippen LogP contribution in [-0.4, -0.2) is 67.2 Å². The molecule has 2 fully saturated rings. The van der Waals surface area contributed by atoms with Crippen LogP contribution in [0.25, 0.3) is 0 Å². The fourth-order valence-electron chi connectivity index (χ4n) is 5.72. The van der Waals surface area contributed by atoms with Crippen LogP contribution >= 0.6 is 0 Å². The van der Waals surface area contributed by atoms with Crippen molar-refractivity contribution in [3.05, 3.63) is 48.0 Å². The Labute approximate surface area is 224 Å². The number of rotatable bonds is 8. The number of benzene rings is 2. The SMILES string of the molecule is CCCOc1ccc([C@H]2C(=O)N(C3CCCCCC3)CC(=O)N2C[C@@H]2COc3ccccc3O2)cc1OC. The van der Waals surface area contributed by atoms with Gasteiger partial charge in [-0.1, -0.05) is 50.8 Å². The van der Waals surface area contributed by atoms with Crippen molar-refractivity contribution in [2.75, 3.05) is 33.4 Å². The van der Waals surface area contributed by atoms with Crippen LogP contribution in [0.1, 0.15) is 63.5 Å². The van der Waals surface area contributed by atoms with Crippen LogP contribution in [0.3, 0.4) is 0 Å². The number of para-hydroxylation sites is 2. The molecule has 2 aliphatic heterocycles. The lowest BCUT2D eigenvalue weighted by Crippen LogP contribution is -2.60. The molecule has 3 aliphatic rings. The maximum absolute atomic E-state index is 14.2. The molecule has 1 saturated heterocycles. The lowest BCUT2D eigenvalue weighted by molar-refractivity contribution is -0.160. The Balaban J connectivity index is 1.45. The Bertz CT molecular complexity index is 1130. The topological polar surface area (TPSA) is 77.5 Å². The monoisotopic (exact) mass is 522 g/mol. The second kappa shape index (κ2) is 12.0. The number of nitrogens with zero attached hydrogens (tertiary/aromatic N) is 2. The summed E-state index contributed by atoms with van der Waals surface area (Å²) in [4.78, 5) is 31.4. The van der Waals surface area contributed by atoms with E-state index in [-0.39, 0.29) is 37.0 Å². The first kappa shape index (κ1) is 26.2. The number of carbonyl (C=O) groups excluding carboxylic acids is 2. The highest BCUT2D eigenvalue weighted by molar-refractivity contribution is 5.96. The van der Waals surface area contributed by atoms with E-state index in [4.69, 9.17) is 18.9 Å². The van der Waals surface area contributed by atoms with E-state index in [2.05, 4.69) is 0 Å². The lowest BCUT2D eigenvalue weighted by atomic mass is 9.96. The quantitative estimate of drug-likeness (QED) is 0.466. The molecule has 2 amide bonds. The van der Waals surface area contributed by atoms with Crippen molar-refractivity contribution < 1.29 is 28.5 Å². The second-order valence-corrected chi connectivity index (χ2v) is 10.3. The molecule has 2 aromatic rings. The summed E-state index contributed by atoms with van der Waals surface area (Å²) in [5.41, 5.74) is 0.708. The minimum Gasteiger partial charge on any atom is -0.493 e. The van der Waals surface area contributed by atoms with E-state index < -0.39 is 6.04 Å². The third-order valence-corrected chi connectivity index (χ3v) is 7.65. The first-order valence-corrected chi connectivity index (χ1v) is 13.9. The number of piperazine rings is 1. The van der Waals surface area contributed by atoms with Gasteiger partial charge in [0.15, 0.2) is 29.1 Å². The summed E-state index contributed by atoms with van der Waals surface area (Å²) in [6, 6.07) is 12.4. The smallest absolute Gasteiger partial charge is 0.250 e. The summed E-state index contributed by atoms with van der Waals surface area (Å²) in [6.07, 6.45) is 6.89. The normalized spacial score (nSPS) is 22.3. The zero-order valence-corrected chi connectivity index (χ0v) is 22.4. The van der Waals surface area contributed by atoms with Crippen LogP contribution in [-0.2, 0) is 9.59 Å². The van der Waals surface area contributed by atoms with Gasteiger partial charge in [0.2, 0.25) is 5.91 Å². The van der Waals surface area contributed by atoms with Gasteiger partial charge in [-0.25, -0.2) is 0 Å². The van der Waals surface area contributed by atoms with Gasteiger partial charge < -0.3 is 28.7 Å². The van der Waals surface area contributed by atoms with Crippen LogP contribution in [0.4, 0.5) is 0 Å². The van der Waals surface area contributed by atoms with Crippen molar-refractivity contribution in [2.45, 2.75) is 70.1 Å². The molecule has 2 atom stereocenters. The van der Waals surface area contributed by atoms with E-state index in [1.807, 2.05) is 54.3 Å². The lowest BCUT2D eigenvalue weighted by Gasteiger charge is -2.44. The van der Waals surface area contributed by atoms with E-state index in [0.29, 0.717) is 41.8 Å². The molecule has 0 spiro atoms. The average Bonchev–Trinajstić information content (AvgIpc) is 3.23. The van der Waals surface area contributed by atoms with Crippen molar-refractivity contribution >= 4 is 11.8 Å². The third-order valence-electron chi connectivity index (χ3n) is 7.65. The molecule has 1 saturated carbocycles. The second-order valence-electron chi connectivity index (χ2n) is 10.3. The van der Waals surface area contributed by atoms with Crippen molar-refractivity contribution in [3.8, 4) is 23.0 Å². The number of ether oxygens (including phenoxy) is 4. The Hall–Kier alpha value is -3.42. The van der Waals surface area contributed by atoms with Gasteiger partial charge in [-0.05, 0) is 49.1 Å². The van der Waals surface area contributed by atoms with Gasteiger partial charge >= 0.3 is 0 Å². The molecule has 8 heteroatoms. The van der Waals surface area contributed by atoms with Crippen LogP contribution in [0.15, 0.2) is 42.5 Å². The molecule has 0 N–H and O–H groups in total. The summed E-state index contributed by atoms with van der Waals surface area (Å²) in [5.74, 6) is 2.39. The predicted molar refractivity (Wildman–Crippen MR) is 143 cm³/mol. The Morgan fingerprint density at radius 1 is 0.974 bits per heavy atom. The highest BCUT2D eigenvalue weighted by Crippen LogP contribution is 2.38. The number of fused-ring (bicyclic) bond motifs is 1. The van der Waals surface area contributed by atoms with Gasteiger partial charge in [-0.15, -0.1) is 0 Å². The van der Waals surface area contributed by atoms with Crippen molar-refractivity contribution in [1.82, 2.24) is 9.80 Å². The Morgan fingerprint density at radius 3 is 2.47 bits per heavy atom. The molecule has 204 valence electrons. The summed E-state index contributed by atoms with van der Waals surface area (Å²) < 4.78 is 23.6. The largest absolute Gasteiger partial charge is 0.493 e. The number of hydrogen-bond donors (Lipinski definition) is 0. The van der Waals surface area contributed by atoms with Gasteiger partial charge in [0.25, 0.3) is 5.91 Å². The number of carbonyl (C=O) groups is 2. The zero-order valence-electron chi connectivity index (χ0n) is 22.4. The fraction of sp³-hybridized carbons (Fsp3) is 0.533. The number of amides is 2. The third kappa shape index (κ3) is 5.54. The predicted octanol–water partition coefficient (Wildman–Crippen LogP) is 4.76. The molecule has 2 heterocycles. The standard InChI is InChI=1S/C30H38N2O6/c1-3-16-36-25-15-14-21(17-27(25)35-2)29-30(34)31(22-10-6-4-5-7-11-22)19-28(33)32(29)18-23-20-37-24-12-8-9-13-26(24)38-23/h8-9,12-15,17,22-23,29H,3-7,10-11,16,18-20H2,1-2H3/t23-,29+/m1/s1. The highest BCUT2D eigenvalue weighted by Gasteiger charge is 2.44. The molecule has 5 rings (SSSR count). The minimum atomic E-state index is -0.769. The van der Waals surface area contributed by atoms with Crippen molar-refractivity contribution in [3.63, 3.8) is 0 Å². The number of hydrogen-bond acceptors (Lipinski definition) is 6. The van der Waals surface area contributed by atoms with Crippen LogP contribution in [0.5, 0.6) is 23.0 Å². The summed E-state index contributed by atoms with van der Waals surface area (Å²) in [6.45, 7) is 3.26. The van der Waals surface area contributed by atoms with Gasteiger partial charge in [0.05, 0.1) is 20.3 Å². The Kier molecular flexibility index (Phi) is 8.25. The molecule has 2 aromatic carbocycles.